The average molecular weight is 177 g/mol. The number of carbonyl (C=O) groups excluding carboxylic acids is 2. The first-order valence-electron chi connectivity index (χ1n) is 3.82. The lowest BCUT2D eigenvalue weighted by Gasteiger charge is -2.25. The molecule has 2 saturated heterocycles. The monoisotopic (exact) mass is 177 g/mol. The predicted molar refractivity (Wildman–Crippen MR) is 41.0 cm³/mol. The van der Waals surface area contributed by atoms with Gasteiger partial charge in [0.25, 0.3) is 11.8 Å². The molecule has 0 aromatic heterocycles. The summed E-state index contributed by atoms with van der Waals surface area (Å²) in [7, 11) is 0. The summed E-state index contributed by atoms with van der Waals surface area (Å²) in [6.45, 7) is 0. The SMILES string of the molecule is O=C1C2=CC(=CF)C=CC23C(=O)N13. The Bertz CT molecular complexity index is 447. The number of halogens is 1. The number of rotatable bonds is 0. The van der Waals surface area contributed by atoms with E-state index in [1.54, 1.807) is 6.08 Å². The van der Waals surface area contributed by atoms with Crippen LogP contribution in [0.1, 0.15) is 0 Å². The lowest BCUT2D eigenvalue weighted by atomic mass is 9.86. The van der Waals surface area contributed by atoms with Crippen LogP contribution in [0.3, 0.4) is 0 Å². The molecular formula is C9H4FNO2. The second-order valence-electron chi connectivity index (χ2n) is 3.21. The Morgan fingerprint density at radius 2 is 2.23 bits per heavy atom. The van der Waals surface area contributed by atoms with Crippen LogP contribution in [-0.2, 0) is 9.59 Å². The van der Waals surface area contributed by atoms with Gasteiger partial charge in [-0.25, -0.2) is 4.39 Å². The van der Waals surface area contributed by atoms with E-state index in [4.69, 9.17) is 0 Å². The summed E-state index contributed by atoms with van der Waals surface area (Å²) in [5, 5.41) is 0. The topological polar surface area (TPSA) is 37.1 Å². The van der Waals surface area contributed by atoms with Gasteiger partial charge in [0.15, 0.2) is 5.54 Å². The number of imide groups is 1. The van der Waals surface area contributed by atoms with Crippen molar-refractivity contribution >= 4 is 11.8 Å². The molecule has 1 unspecified atom stereocenters. The van der Waals surface area contributed by atoms with Gasteiger partial charge in [-0.1, -0.05) is 6.08 Å². The van der Waals surface area contributed by atoms with Crippen LogP contribution < -0.4 is 0 Å². The Labute approximate surface area is 72.8 Å². The molecule has 2 heterocycles. The molecule has 1 aliphatic carbocycles. The molecule has 1 spiro atoms. The minimum absolute atomic E-state index is 0.196. The van der Waals surface area contributed by atoms with Gasteiger partial charge in [0, 0.05) is 5.57 Å². The second kappa shape index (κ2) is 1.64. The number of carbonyl (C=O) groups is 2. The molecule has 2 aliphatic heterocycles. The summed E-state index contributed by atoms with van der Waals surface area (Å²) in [5.74, 6) is -0.494. The lowest BCUT2D eigenvalue weighted by Crippen LogP contribution is -2.41. The van der Waals surface area contributed by atoms with Crippen molar-refractivity contribution in [3.63, 3.8) is 0 Å². The van der Waals surface area contributed by atoms with E-state index in [9.17, 15) is 14.0 Å². The van der Waals surface area contributed by atoms with Crippen LogP contribution in [0, 0.1) is 0 Å². The third kappa shape index (κ3) is 0.482. The average Bonchev–Trinajstić information content (AvgIpc) is 2.65. The molecule has 2 amide bonds. The van der Waals surface area contributed by atoms with E-state index in [2.05, 4.69) is 0 Å². The van der Waals surface area contributed by atoms with E-state index in [1.807, 2.05) is 0 Å². The molecule has 13 heavy (non-hydrogen) atoms. The second-order valence-corrected chi connectivity index (χ2v) is 3.21. The molecule has 1 atom stereocenters. The first-order chi connectivity index (χ1) is 6.21. The van der Waals surface area contributed by atoms with Gasteiger partial charge < -0.3 is 0 Å². The zero-order valence-corrected chi connectivity index (χ0v) is 6.45. The highest BCUT2D eigenvalue weighted by Gasteiger charge is 2.77. The molecule has 0 aromatic rings. The summed E-state index contributed by atoms with van der Waals surface area (Å²) in [5.41, 5.74) is -0.0684. The van der Waals surface area contributed by atoms with Crippen molar-refractivity contribution in [1.82, 2.24) is 4.90 Å². The first kappa shape index (κ1) is 6.77. The van der Waals surface area contributed by atoms with Crippen LogP contribution >= 0.6 is 0 Å². The summed E-state index contributed by atoms with van der Waals surface area (Å²) < 4.78 is 12.1. The normalized spacial score (nSPS) is 36.8. The van der Waals surface area contributed by atoms with E-state index in [0.717, 1.165) is 0 Å². The molecule has 2 fully saturated rings. The molecule has 3 aliphatic rings. The highest BCUT2D eigenvalue weighted by atomic mass is 19.1. The van der Waals surface area contributed by atoms with Crippen molar-refractivity contribution in [1.29, 1.82) is 0 Å². The Hall–Kier alpha value is -1.71. The van der Waals surface area contributed by atoms with E-state index >= 15 is 0 Å². The van der Waals surface area contributed by atoms with Crippen molar-refractivity contribution in [2.75, 3.05) is 0 Å². The first-order valence-corrected chi connectivity index (χ1v) is 3.82. The molecule has 3 nitrogen and oxygen atoms in total. The van der Waals surface area contributed by atoms with Crippen molar-refractivity contribution < 1.29 is 14.0 Å². The van der Waals surface area contributed by atoms with Crippen LogP contribution in [0.5, 0.6) is 0 Å². The fraction of sp³-hybridized carbons (Fsp3) is 0.111. The fourth-order valence-electron chi connectivity index (χ4n) is 1.87. The van der Waals surface area contributed by atoms with Gasteiger partial charge in [-0.3, -0.25) is 14.5 Å². The molecule has 0 N–H and O–H groups in total. The van der Waals surface area contributed by atoms with Crippen molar-refractivity contribution in [2.45, 2.75) is 5.54 Å². The van der Waals surface area contributed by atoms with Gasteiger partial charge in [0.2, 0.25) is 0 Å². The maximum atomic E-state index is 12.1. The van der Waals surface area contributed by atoms with Crippen LogP contribution in [0.25, 0.3) is 0 Å². The van der Waals surface area contributed by atoms with Gasteiger partial charge in [0.05, 0.1) is 11.9 Å². The number of hydrogen-bond donors (Lipinski definition) is 0. The van der Waals surface area contributed by atoms with Gasteiger partial charge >= 0.3 is 0 Å². The quantitative estimate of drug-likeness (QED) is 0.306. The minimum Gasteiger partial charge on any atom is -0.271 e. The third-order valence-corrected chi connectivity index (χ3v) is 2.63. The maximum Gasteiger partial charge on any atom is 0.266 e. The van der Waals surface area contributed by atoms with Crippen LogP contribution in [0.2, 0.25) is 0 Å². The molecule has 0 bridgehead atoms. The molecule has 4 heteroatoms. The molecule has 64 valence electrons. The molecule has 3 rings (SSSR count). The summed E-state index contributed by atoms with van der Waals surface area (Å²) in [4.78, 5) is 23.5. The number of β-lactam (4-membered cyclic amide) rings is 1. The third-order valence-electron chi connectivity index (χ3n) is 2.63. The van der Waals surface area contributed by atoms with Gasteiger partial charge in [-0.15, -0.1) is 0 Å². The standard InChI is InChI=1S/C9H4FNO2/c10-4-5-1-2-9-6(3-5)7(12)11(9)8(9)13/h1-4H. The maximum absolute atomic E-state index is 12.1. The minimum atomic E-state index is -0.788. The zero-order valence-electron chi connectivity index (χ0n) is 6.45. The van der Waals surface area contributed by atoms with Crippen molar-refractivity contribution in [3.05, 3.63) is 35.7 Å². The highest BCUT2D eigenvalue weighted by Crippen LogP contribution is 2.55. The fourth-order valence-corrected chi connectivity index (χ4v) is 1.87. The van der Waals surface area contributed by atoms with Crippen LogP contribution in [-0.4, -0.2) is 22.3 Å². The van der Waals surface area contributed by atoms with Crippen molar-refractivity contribution in [2.24, 2.45) is 0 Å². The van der Waals surface area contributed by atoms with Crippen molar-refractivity contribution in [3.8, 4) is 0 Å². The smallest absolute Gasteiger partial charge is 0.266 e. The number of nitrogens with zero attached hydrogens (tertiary/aromatic N) is 1. The van der Waals surface area contributed by atoms with Gasteiger partial charge in [-0.05, 0) is 12.2 Å². The number of hydrogen-bond acceptors (Lipinski definition) is 2. The summed E-state index contributed by atoms with van der Waals surface area (Å²) in [6.07, 6.45) is 4.91. The van der Waals surface area contributed by atoms with E-state index in [-0.39, 0.29) is 11.8 Å². The number of amides is 2. The van der Waals surface area contributed by atoms with E-state index in [1.165, 1.54) is 17.1 Å². The molecule has 0 aromatic carbocycles. The molecule has 0 radical (unpaired) electrons. The Kier molecular flexibility index (Phi) is 0.852. The molecular weight excluding hydrogens is 173 g/mol. The van der Waals surface area contributed by atoms with E-state index < -0.39 is 5.54 Å². The summed E-state index contributed by atoms with van der Waals surface area (Å²) >= 11 is 0. The van der Waals surface area contributed by atoms with Gasteiger partial charge in [-0.2, -0.15) is 0 Å². The Balaban J connectivity index is 2.15. The largest absolute Gasteiger partial charge is 0.271 e. The predicted octanol–water partition coefficient (Wildman–Crippen LogP) is 0.457. The molecule has 0 saturated carbocycles. The lowest BCUT2D eigenvalue weighted by molar-refractivity contribution is -0.129. The Morgan fingerprint density at radius 3 is 2.85 bits per heavy atom. The summed E-state index contributed by atoms with van der Waals surface area (Å²) in [6, 6.07) is 0. The Morgan fingerprint density at radius 1 is 1.46 bits per heavy atom. The zero-order chi connectivity index (χ0) is 9.22. The number of allylic oxidation sites excluding steroid dienone is 3. The van der Waals surface area contributed by atoms with Crippen LogP contribution in [0.4, 0.5) is 4.39 Å². The highest BCUT2D eigenvalue weighted by molar-refractivity contribution is 6.36. The van der Waals surface area contributed by atoms with E-state index in [0.29, 0.717) is 17.5 Å². The van der Waals surface area contributed by atoms with Crippen LogP contribution in [0.15, 0.2) is 35.7 Å². The van der Waals surface area contributed by atoms with Gasteiger partial charge in [0.1, 0.15) is 0 Å².